The van der Waals surface area contributed by atoms with Crippen LogP contribution in [0.1, 0.15) is 39.0 Å². The quantitative estimate of drug-likeness (QED) is 0.796. The average molecular weight is 373 g/mol. The number of amides is 1. The number of rotatable bonds is 5. The zero-order valence-corrected chi connectivity index (χ0v) is 16.0. The second-order valence-electron chi connectivity index (χ2n) is 6.46. The maximum atomic E-state index is 12.9. The molecule has 1 amide bonds. The van der Waals surface area contributed by atoms with E-state index in [-0.39, 0.29) is 11.9 Å². The van der Waals surface area contributed by atoms with E-state index < -0.39 is 16.1 Å². The second kappa shape index (κ2) is 7.74. The zero-order chi connectivity index (χ0) is 17.9. The minimum Gasteiger partial charge on any atom is -0.341 e. The van der Waals surface area contributed by atoms with Crippen LogP contribution in [0.3, 0.4) is 0 Å². The summed E-state index contributed by atoms with van der Waals surface area (Å²) in [5.41, 5.74) is 0.405. The van der Waals surface area contributed by atoms with Crippen molar-refractivity contribution in [2.45, 2.75) is 51.1 Å². The molecular weight excluding hydrogens is 348 g/mol. The van der Waals surface area contributed by atoms with Crippen LogP contribution in [-0.2, 0) is 14.8 Å². The predicted octanol–water partition coefficient (Wildman–Crippen LogP) is 3.29. The highest BCUT2D eigenvalue weighted by molar-refractivity contribution is 7.92. The number of halogens is 1. The molecule has 0 heterocycles. The molecule has 24 heavy (non-hydrogen) atoms. The summed E-state index contributed by atoms with van der Waals surface area (Å²) in [4.78, 5) is 14.6. The molecule has 1 aromatic carbocycles. The lowest BCUT2D eigenvalue weighted by Gasteiger charge is -2.36. The number of nitrogens with zero attached hydrogens (tertiary/aromatic N) is 2. The van der Waals surface area contributed by atoms with Gasteiger partial charge in [0.25, 0.3) is 0 Å². The van der Waals surface area contributed by atoms with Gasteiger partial charge < -0.3 is 4.90 Å². The van der Waals surface area contributed by atoms with Gasteiger partial charge in [0.05, 0.1) is 11.9 Å². The first-order valence-electron chi connectivity index (χ1n) is 8.23. The van der Waals surface area contributed by atoms with Crippen LogP contribution in [0.15, 0.2) is 24.3 Å². The molecule has 0 N–H and O–H groups in total. The van der Waals surface area contributed by atoms with Gasteiger partial charge in [-0.25, -0.2) is 8.42 Å². The molecule has 0 aromatic heterocycles. The fraction of sp³-hybridized carbons (Fsp3) is 0.588. The van der Waals surface area contributed by atoms with E-state index in [2.05, 4.69) is 0 Å². The Balaban J connectivity index is 2.27. The van der Waals surface area contributed by atoms with Crippen molar-refractivity contribution in [2.24, 2.45) is 0 Å². The van der Waals surface area contributed by atoms with Crippen molar-refractivity contribution >= 4 is 33.2 Å². The third-order valence-electron chi connectivity index (χ3n) is 4.60. The van der Waals surface area contributed by atoms with Gasteiger partial charge in [-0.05, 0) is 38.0 Å². The third-order valence-corrected chi connectivity index (χ3v) is 6.08. The van der Waals surface area contributed by atoms with Gasteiger partial charge in [-0.15, -0.1) is 0 Å². The molecule has 1 saturated carbocycles. The minimum atomic E-state index is -3.62. The van der Waals surface area contributed by atoms with Crippen LogP contribution in [-0.4, -0.2) is 44.6 Å². The Bertz CT molecular complexity index is 687. The summed E-state index contributed by atoms with van der Waals surface area (Å²) in [5, 5.41) is 0.432. The number of likely N-dealkylation sites (N-methyl/N-ethyl adjacent to an activating group) is 1. The Kier molecular flexibility index (Phi) is 6.15. The standard InChI is InChI=1S/C17H25ClN2O3S/c1-13(17(21)19(2)15-9-5-4-6-10-15)20(24(3,22)23)16-11-7-8-14(18)12-16/h7-8,11-13,15H,4-6,9-10H2,1-3H3. The van der Waals surface area contributed by atoms with Gasteiger partial charge in [-0.2, -0.15) is 0 Å². The molecule has 0 bridgehead atoms. The molecular formula is C17H25ClN2O3S. The molecule has 5 nitrogen and oxygen atoms in total. The molecule has 1 fully saturated rings. The number of sulfonamides is 1. The van der Waals surface area contributed by atoms with E-state index in [0.29, 0.717) is 10.7 Å². The highest BCUT2D eigenvalue weighted by Crippen LogP contribution is 2.27. The van der Waals surface area contributed by atoms with Gasteiger partial charge in [0, 0.05) is 18.1 Å². The first-order valence-corrected chi connectivity index (χ1v) is 10.5. The van der Waals surface area contributed by atoms with Gasteiger partial charge in [0.15, 0.2) is 0 Å². The number of hydrogen-bond donors (Lipinski definition) is 0. The normalized spacial score (nSPS) is 17.3. The topological polar surface area (TPSA) is 57.7 Å². The molecule has 1 unspecified atom stereocenters. The molecule has 0 radical (unpaired) electrons. The van der Waals surface area contributed by atoms with Gasteiger partial charge in [0.2, 0.25) is 15.9 Å². The predicted molar refractivity (Wildman–Crippen MR) is 97.9 cm³/mol. The van der Waals surface area contributed by atoms with Gasteiger partial charge in [0.1, 0.15) is 6.04 Å². The minimum absolute atomic E-state index is 0.188. The number of anilines is 1. The third kappa shape index (κ3) is 4.42. The van der Waals surface area contributed by atoms with Crippen molar-refractivity contribution in [1.82, 2.24) is 4.90 Å². The van der Waals surface area contributed by atoms with Gasteiger partial charge in [-0.3, -0.25) is 9.10 Å². The Morgan fingerprint density at radius 3 is 2.42 bits per heavy atom. The van der Waals surface area contributed by atoms with E-state index in [1.807, 2.05) is 0 Å². The van der Waals surface area contributed by atoms with Crippen molar-refractivity contribution < 1.29 is 13.2 Å². The van der Waals surface area contributed by atoms with Crippen LogP contribution < -0.4 is 4.31 Å². The average Bonchev–Trinajstić information content (AvgIpc) is 2.53. The number of carbonyl (C=O) groups excluding carboxylic acids is 1. The first kappa shape index (κ1) is 19.1. The number of carbonyl (C=O) groups is 1. The Hall–Kier alpha value is -1.27. The summed E-state index contributed by atoms with van der Waals surface area (Å²) >= 11 is 5.99. The summed E-state index contributed by atoms with van der Waals surface area (Å²) in [7, 11) is -1.84. The smallest absolute Gasteiger partial charge is 0.246 e. The molecule has 1 aliphatic rings. The molecule has 0 aliphatic heterocycles. The molecule has 134 valence electrons. The summed E-state index contributed by atoms with van der Waals surface area (Å²) in [6.07, 6.45) is 6.49. The van der Waals surface area contributed by atoms with Gasteiger partial charge >= 0.3 is 0 Å². The largest absolute Gasteiger partial charge is 0.341 e. The van der Waals surface area contributed by atoms with Crippen molar-refractivity contribution in [3.8, 4) is 0 Å². The van der Waals surface area contributed by atoms with Crippen molar-refractivity contribution in [2.75, 3.05) is 17.6 Å². The highest BCUT2D eigenvalue weighted by atomic mass is 35.5. The van der Waals surface area contributed by atoms with Crippen molar-refractivity contribution in [3.05, 3.63) is 29.3 Å². The van der Waals surface area contributed by atoms with E-state index in [9.17, 15) is 13.2 Å². The van der Waals surface area contributed by atoms with Crippen LogP contribution in [0.2, 0.25) is 5.02 Å². The summed E-state index contributed by atoms with van der Waals surface area (Å²) in [5.74, 6) is -0.188. The SMILES string of the molecule is CC(C(=O)N(C)C1CCCCC1)N(c1cccc(Cl)c1)S(C)(=O)=O. The Morgan fingerprint density at radius 2 is 1.88 bits per heavy atom. The fourth-order valence-corrected chi connectivity index (χ4v) is 4.70. The molecule has 0 spiro atoms. The lowest BCUT2D eigenvalue weighted by Crippen LogP contribution is -2.51. The maximum absolute atomic E-state index is 12.9. The zero-order valence-electron chi connectivity index (χ0n) is 14.4. The van der Waals surface area contributed by atoms with E-state index >= 15 is 0 Å². The Morgan fingerprint density at radius 1 is 1.25 bits per heavy atom. The van der Waals surface area contributed by atoms with Crippen LogP contribution in [0.4, 0.5) is 5.69 Å². The second-order valence-corrected chi connectivity index (χ2v) is 8.75. The molecule has 0 saturated heterocycles. The monoisotopic (exact) mass is 372 g/mol. The highest BCUT2D eigenvalue weighted by Gasteiger charge is 2.33. The molecule has 1 aliphatic carbocycles. The molecule has 1 atom stereocenters. The van der Waals surface area contributed by atoms with E-state index in [0.717, 1.165) is 36.2 Å². The van der Waals surface area contributed by atoms with Crippen LogP contribution >= 0.6 is 11.6 Å². The van der Waals surface area contributed by atoms with Crippen LogP contribution in [0.25, 0.3) is 0 Å². The van der Waals surface area contributed by atoms with Gasteiger partial charge in [-0.1, -0.05) is 36.9 Å². The summed E-state index contributed by atoms with van der Waals surface area (Å²) in [6.45, 7) is 1.63. The first-order chi connectivity index (χ1) is 11.2. The lowest BCUT2D eigenvalue weighted by molar-refractivity contribution is -0.133. The maximum Gasteiger partial charge on any atom is 0.246 e. The van der Waals surface area contributed by atoms with E-state index in [1.54, 1.807) is 43.1 Å². The van der Waals surface area contributed by atoms with Crippen LogP contribution in [0.5, 0.6) is 0 Å². The van der Waals surface area contributed by atoms with Crippen LogP contribution in [0, 0.1) is 0 Å². The van der Waals surface area contributed by atoms with E-state index in [4.69, 9.17) is 11.6 Å². The molecule has 7 heteroatoms. The summed E-state index contributed by atoms with van der Waals surface area (Å²) < 4.78 is 25.8. The number of benzene rings is 1. The molecule has 1 aromatic rings. The lowest BCUT2D eigenvalue weighted by atomic mass is 9.94. The summed E-state index contributed by atoms with van der Waals surface area (Å²) in [6, 6.07) is 5.94. The van der Waals surface area contributed by atoms with E-state index in [1.165, 1.54) is 6.42 Å². The fourth-order valence-electron chi connectivity index (χ4n) is 3.36. The molecule has 2 rings (SSSR count). The number of hydrogen-bond acceptors (Lipinski definition) is 3. The Labute approximate surface area is 149 Å². The van der Waals surface area contributed by atoms with Crippen molar-refractivity contribution in [1.29, 1.82) is 0 Å². The van der Waals surface area contributed by atoms with Crippen molar-refractivity contribution in [3.63, 3.8) is 0 Å².